The third-order valence-electron chi connectivity index (χ3n) is 6.00. The molecule has 0 spiro atoms. The predicted octanol–water partition coefficient (Wildman–Crippen LogP) is 1.78. The zero-order valence-electron chi connectivity index (χ0n) is 20.2. The van der Waals surface area contributed by atoms with Crippen molar-refractivity contribution < 1.29 is 33.0 Å². The summed E-state index contributed by atoms with van der Waals surface area (Å²) in [5.74, 6) is -0.945. The summed E-state index contributed by atoms with van der Waals surface area (Å²) < 4.78 is 37.0. The van der Waals surface area contributed by atoms with Gasteiger partial charge in [0.15, 0.2) is 5.82 Å². The Bertz CT molecular complexity index is 1350. The number of nitriles is 1. The Hall–Kier alpha value is -3.53. The molecule has 37 heavy (non-hydrogen) atoms. The molecular formula is C23H27N6O7P. The number of carbonyl (C=O) groups excluding carboxylic acids is 1. The van der Waals surface area contributed by atoms with Crippen LogP contribution >= 0.6 is 7.75 Å². The van der Waals surface area contributed by atoms with Crippen molar-refractivity contribution in [3.05, 3.63) is 54.5 Å². The Labute approximate surface area is 212 Å². The molecule has 196 valence electrons. The van der Waals surface area contributed by atoms with E-state index < -0.39 is 50.6 Å². The summed E-state index contributed by atoms with van der Waals surface area (Å²) in [6.45, 7) is 2.57. The summed E-state index contributed by atoms with van der Waals surface area (Å²) in [6.07, 6.45) is -1.00. The van der Waals surface area contributed by atoms with E-state index in [0.717, 1.165) is 0 Å². The maximum absolute atomic E-state index is 13.5. The summed E-state index contributed by atoms with van der Waals surface area (Å²) in [4.78, 5) is 15.8. The lowest BCUT2D eigenvalue weighted by atomic mass is 9.85. The number of nitrogens with two attached hydrogens (primary N) is 1. The molecule has 14 heteroatoms. The molecule has 4 rings (SSSR count). The third-order valence-corrected chi connectivity index (χ3v) is 7.49. The number of para-hydroxylation sites is 1. The number of hydrogen-bond donors (Lipinski definition) is 3. The number of benzene rings is 1. The number of aliphatic hydroxyl groups excluding tert-OH is 1. The third kappa shape index (κ3) is 5.29. The van der Waals surface area contributed by atoms with E-state index in [-0.39, 0.29) is 18.2 Å². The van der Waals surface area contributed by atoms with Gasteiger partial charge in [0.05, 0.1) is 25.0 Å². The van der Waals surface area contributed by atoms with Gasteiger partial charge in [-0.25, -0.2) is 19.2 Å². The van der Waals surface area contributed by atoms with E-state index in [9.17, 15) is 19.7 Å². The van der Waals surface area contributed by atoms with Crippen LogP contribution in [0.5, 0.6) is 5.75 Å². The van der Waals surface area contributed by atoms with E-state index in [1.54, 1.807) is 56.3 Å². The number of nitrogens with zero attached hydrogens (tertiary/aromatic N) is 4. The van der Waals surface area contributed by atoms with Crippen LogP contribution in [-0.4, -0.2) is 57.6 Å². The van der Waals surface area contributed by atoms with E-state index in [1.807, 2.05) is 0 Å². The van der Waals surface area contributed by atoms with Gasteiger partial charge in [-0.3, -0.25) is 9.32 Å². The first kappa shape index (κ1) is 26.5. The van der Waals surface area contributed by atoms with E-state index >= 15 is 0 Å². The van der Waals surface area contributed by atoms with Crippen LogP contribution in [0.15, 0.2) is 48.8 Å². The molecule has 1 fully saturated rings. The average molecular weight is 530 g/mol. The smallest absolute Gasteiger partial charge is 0.459 e. The number of fused-ring (bicyclic) bond motifs is 1. The average Bonchev–Trinajstić information content (AvgIpc) is 3.43. The van der Waals surface area contributed by atoms with Crippen molar-refractivity contribution in [1.82, 2.24) is 19.7 Å². The zero-order valence-corrected chi connectivity index (χ0v) is 21.1. The monoisotopic (exact) mass is 530 g/mol. The van der Waals surface area contributed by atoms with Crippen LogP contribution in [0.2, 0.25) is 0 Å². The van der Waals surface area contributed by atoms with Crippen molar-refractivity contribution in [1.29, 1.82) is 5.26 Å². The lowest BCUT2D eigenvalue weighted by Crippen LogP contribution is -2.34. The van der Waals surface area contributed by atoms with Crippen LogP contribution < -0.4 is 15.3 Å². The highest BCUT2D eigenvalue weighted by Gasteiger charge is 2.56. The van der Waals surface area contributed by atoms with E-state index in [1.165, 1.54) is 10.8 Å². The predicted molar refractivity (Wildman–Crippen MR) is 130 cm³/mol. The Morgan fingerprint density at radius 1 is 1.35 bits per heavy atom. The van der Waals surface area contributed by atoms with Crippen molar-refractivity contribution in [2.45, 2.75) is 31.7 Å². The van der Waals surface area contributed by atoms with Gasteiger partial charge in [0.1, 0.15) is 36.3 Å². The van der Waals surface area contributed by atoms with Gasteiger partial charge >= 0.3 is 13.7 Å². The quantitative estimate of drug-likeness (QED) is 0.255. The molecule has 1 aliphatic rings. The molecule has 1 saturated heterocycles. The Kier molecular flexibility index (Phi) is 7.77. The second-order valence-electron chi connectivity index (χ2n) is 8.28. The van der Waals surface area contributed by atoms with Crippen LogP contribution in [-0.2, 0) is 29.0 Å². The van der Waals surface area contributed by atoms with Crippen molar-refractivity contribution in [3.63, 3.8) is 0 Å². The van der Waals surface area contributed by atoms with Gasteiger partial charge in [-0.15, -0.1) is 0 Å². The SMILES string of the molecule is CCOC(=O)CNP(=O)(OC[C@H]1O[C@@](C#N)(c2ccc3c(N)ncnn23)[C@@H](C)[C@@H]1O)Oc1ccccc1. The van der Waals surface area contributed by atoms with Gasteiger partial charge in [-0.2, -0.15) is 10.4 Å². The highest BCUT2D eigenvalue weighted by Crippen LogP contribution is 2.48. The van der Waals surface area contributed by atoms with Crippen molar-refractivity contribution in [2.24, 2.45) is 5.92 Å². The van der Waals surface area contributed by atoms with Crippen LogP contribution in [0.4, 0.5) is 5.82 Å². The van der Waals surface area contributed by atoms with Gasteiger partial charge < -0.3 is 24.8 Å². The molecule has 0 bridgehead atoms. The molecular weight excluding hydrogens is 503 g/mol. The minimum Gasteiger partial charge on any atom is -0.465 e. The minimum atomic E-state index is -4.14. The Morgan fingerprint density at radius 3 is 2.81 bits per heavy atom. The second kappa shape index (κ2) is 10.8. The molecule has 0 radical (unpaired) electrons. The fraction of sp³-hybridized carbons (Fsp3) is 0.391. The summed E-state index contributed by atoms with van der Waals surface area (Å²) in [5, 5.41) is 27.8. The standard InChI is InChI=1S/C23H27N6O7P/c1-3-33-20(30)11-28-37(32,36-16-7-5-4-6-8-16)34-12-18-21(31)15(2)23(13-24,35-18)19-10-9-17-22(25)26-14-27-29(17)19/h4-10,14-15,18,21,31H,3,11-12H2,1-2H3,(H,28,32)(H2,25,26,27)/t15-,18+,21-,23+,37?/m0/s1. The molecule has 4 N–H and O–H groups in total. The molecule has 1 unspecified atom stereocenters. The molecule has 0 saturated carbocycles. The number of nitrogen functional groups attached to an aromatic ring is 1. The molecule has 3 heterocycles. The maximum atomic E-state index is 13.5. The normalized spacial score (nSPS) is 24.9. The first-order chi connectivity index (χ1) is 17.7. The van der Waals surface area contributed by atoms with Crippen molar-refractivity contribution in [2.75, 3.05) is 25.5 Å². The first-order valence-electron chi connectivity index (χ1n) is 11.5. The molecule has 1 aliphatic heterocycles. The number of rotatable bonds is 10. The number of aromatic nitrogens is 3. The summed E-state index contributed by atoms with van der Waals surface area (Å²) in [5.41, 5.74) is 5.12. The van der Waals surface area contributed by atoms with Crippen molar-refractivity contribution >= 4 is 25.1 Å². The fourth-order valence-electron chi connectivity index (χ4n) is 4.09. The number of esters is 1. The minimum absolute atomic E-state index is 0.145. The van der Waals surface area contributed by atoms with Gasteiger partial charge in [0.2, 0.25) is 5.60 Å². The Morgan fingerprint density at radius 2 is 2.11 bits per heavy atom. The number of anilines is 1. The van der Waals surface area contributed by atoms with Crippen molar-refractivity contribution in [3.8, 4) is 11.8 Å². The first-order valence-corrected chi connectivity index (χ1v) is 13.0. The number of ether oxygens (including phenoxy) is 2. The van der Waals surface area contributed by atoms with Gasteiger partial charge in [-0.1, -0.05) is 25.1 Å². The summed E-state index contributed by atoms with van der Waals surface area (Å²) in [7, 11) is -4.14. The number of hydrogen-bond acceptors (Lipinski definition) is 11. The van der Waals surface area contributed by atoms with Gasteiger partial charge in [0.25, 0.3) is 0 Å². The lowest BCUT2D eigenvalue weighted by Gasteiger charge is -2.25. The molecule has 2 aromatic heterocycles. The van der Waals surface area contributed by atoms with Crippen LogP contribution in [0.25, 0.3) is 5.52 Å². The molecule has 0 amide bonds. The Balaban J connectivity index is 1.56. The number of carbonyl (C=O) groups is 1. The number of nitrogens with one attached hydrogen (secondary N) is 1. The summed E-state index contributed by atoms with van der Waals surface area (Å²) in [6, 6.07) is 13.7. The highest BCUT2D eigenvalue weighted by atomic mass is 31.2. The number of aliphatic hydroxyl groups is 1. The second-order valence-corrected chi connectivity index (χ2v) is 10.0. The van der Waals surface area contributed by atoms with Gasteiger partial charge in [0, 0.05) is 5.92 Å². The topological polar surface area (TPSA) is 183 Å². The van der Waals surface area contributed by atoms with E-state index in [2.05, 4.69) is 21.2 Å². The molecule has 5 atom stereocenters. The maximum Gasteiger partial charge on any atom is 0.459 e. The molecule has 0 aliphatic carbocycles. The highest BCUT2D eigenvalue weighted by molar-refractivity contribution is 7.52. The van der Waals surface area contributed by atoms with Gasteiger partial charge in [-0.05, 0) is 31.2 Å². The van der Waals surface area contributed by atoms with E-state index in [4.69, 9.17) is 24.3 Å². The zero-order chi connectivity index (χ0) is 26.6. The van der Waals surface area contributed by atoms with Crippen LogP contribution in [0.1, 0.15) is 19.5 Å². The lowest BCUT2D eigenvalue weighted by molar-refractivity contribution is -0.141. The molecule has 3 aromatic rings. The molecule has 1 aromatic carbocycles. The van der Waals surface area contributed by atoms with E-state index in [0.29, 0.717) is 11.2 Å². The largest absolute Gasteiger partial charge is 0.465 e. The summed E-state index contributed by atoms with van der Waals surface area (Å²) >= 11 is 0. The van der Waals surface area contributed by atoms with Crippen LogP contribution in [0.3, 0.4) is 0 Å². The molecule has 13 nitrogen and oxygen atoms in total. The fourth-order valence-corrected chi connectivity index (χ4v) is 5.37. The van der Waals surface area contributed by atoms with Crippen LogP contribution in [0, 0.1) is 17.2 Å².